The summed E-state index contributed by atoms with van der Waals surface area (Å²) in [6.45, 7) is 3.34. The lowest BCUT2D eigenvalue weighted by atomic mass is 10.1. The summed E-state index contributed by atoms with van der Waals surface area (Å²) in [5, 5.41) is 2.35. The molecule has 4 nitrogen and oxygen atoms in total. The zero-order valence-corrected chi connectivity index (χ0v) is 13.8. The molecule has 130 valence electrons. The van der Waals surface area contributed by atoms with Gasteiger partial charge in [0.2, 0.25) is 0 Å². The normalized spacial score (nSPS) is 12.0. The van der Waals surface area contributed by atoms with Gasteiger partial charge in [-0.05, 0) is 37.6 Å². The van der Waals surface area contributed by atoms with Crippen LogP contribution in [-0.2, 0) is 14.3 Å². The van der Waals surface area contributed by atoms with E-state index in [0.29, 0.717) is 0 Å². The predicted octanol–water partition coefficient (Wildman–Crippen LogP) is 3.86. The highest BCUT2D eigenvalue weighted by atomic mass is 19.2. The predicted molar refractivity (Wildman–Crippen MR) is 90.8 cm³/mol. The second-order valence-corrected chi connectivity index (χ2v) is 5.44. The minimum Gasteiger partial charge on any atom is -0.449 e. The molecule has 0 fully saturated rings. The first-order chi connectivity index (χ1) is 11.8. The van der Waals surface area contributed by atoms with Gasteiger partial charge in [-0.2, -0.15) is 0 Å². The molecule has 0 aliphatic carbocycles. The Morgan fingerprint density at radius 2 is 1.76 bits per heavy atom. The molecular formula is C19H17F2NO3. The third kappa shape index (κ3) is 5.53. The molecule has 25 heavy (non-hydrogen) atoms. The summed E-state index contributed by atoms with van der Waals surface area (Å²) in [6, 6.07) is 10.5. The Morgan fingerprint density at radius 1 is 1.08 bits per heavy atom. The molecule has 1 atom stereocenters. The van der Waals surface area contributed by atoms with Gasteiger partial charge < -0.3 is 10.1 Å². The number of nitrogens with one attached hydrogen (secondary N) is 1. The van der Waals surface area contributed by atoms with Gasteiger partial charge >= 0.3 is 5.97 Å². The van der Waals surface area contributed by atoms with E-state index in [1.54, 1.807) is 6.08 Å². The van der Waals surface area contributed by atoms with Gasteiger partial charge in [0.1, 0.15) is 0 Å². The number of rotatable bonds is 5. The molecule has 1 N–H and O–H groups in total. The van der Waals surface area contributed by atoms with Crippen molar-refractivity contribution in [1.29, 1.82) is 0 Å². The van der Waals surface area contributed by atoms with Gasteiger partial charge in [-0.3, -0.25) is 4.79 Å². The number of ether oxygens (including phenoxy) is 1. The van der Waals surface area contributed by atoms with Gasteiger partial charge in [-0.15, -0.1) is 0 Å². The molecule has 0 aromatic heterocycles. The van der Waals surface area contributed by atoms with Crippen molar-refractivity contribution in [3.05, 3.63) is 71.3 Å². The lowest BCUT2D eigenvalue weighted by molar-refractivity contribution is -0.148. The summed E-state index contributed by atoms with van der Waals surface area (Å²) in [6.07, 6.45) is 1.69. The SMILES string of the molecule is Cc1ccc(/C=C/C(=O)O[C@@H](C)C(=O)Nc2ccc(F)c(F)c2)cc1. The smallest absolute Gasteiger partial charge is 0.331 e. The Labute approximate surface area is 144 Å². The molecule has 0 unspecified atom stereocenters. The van der Waals surface area contributed by atoms with Crippen LogP contribution in [0.25, 0.3) is 6.08 Å². The second kappa shape index (κ2) is 8.19. The van der Waals surface area contributed by atoms with Crippen LogP contribution in [0.2, 0.25) is 0 Å². The van der Waals surface area contributed by atoms with Gasteiger partial charge in [0.25, 0.3) is 5.91 Å². The van der Waals surface area contributed by atoms with E-state index >= 15 is 0 Å². The van der Waals surface area contributed by atoms with Gasteiger partial charge in [0.15, 0.2) is 17.7 Å². The Hall–Kier alpha value is -3.02. The van der Waals surface area contributed by atoms with Crippen LogP contribution in [0.1, 0.15) is 18.1 Å². The zero-order valence-electron chi connectivity index (χ0n) is 13.8. The Kier molecular flexibility index (Phi) is 6.00. The van der Waals surface area contributed by atoms with Gasteiger partial charge in [-0.1, -0.05) is 29.8 Å². The van der Waals surface area contributed by atoms with Gasteiger partial charge in [0, 0.05) is 17.8 Å². The molecule has 2 aromatic rings. The minimum absolute atomic E-state index is 0.0713. The fraction of sp³-hybridized carbons (Fsp3) is 0.158. The highest BCUT2D eigenvalue weighted by Gasteiger charge is 2.17. The third-order valence-electron chi connectivity index (χ3n) is 3.34. The van der Waals surface area contributed by atoms with Crippen LogP contribution in [0.4, 0.5) is 14.5 Å². The topological polar surface area (TPSA) is 55.4 Å². The maximum absolute atomic E-state index is 13.1. The largest absolute Gasteiger partial charge is 0.449 e. The summed E-state index contributed by atoms with van der Waals surface area (Å²) >= 11 is 0. The van der Waals surface area contributed by atoms with E-state index in [2.05, 4.69) is 5.32 Å². The van der Waals surface area contributed by atoms with E-state index in [1.807, 2.05) is 31.2 Å². The van der Waals surface area contributed by atoms with E-state index in [-0.39, 0.29) is 5.69 Å². The molecule has 0 heterocycles. The molecule has 0 radical (unpaired) electrons. The zero-order chi connectivity index (χ0) is 18.4. The van der Waals surface area contributed by atoms with E-state index < -0.39 is 29.6 Å². The summed E-state index contributed by atoms with van der Waals surface area (Å²) in [7, 11) is 0. The lowest BCUT2D eigenvalue weighted by Gasteiger charge is -2.12. The van der Waals surface area contributed by atoms with Crippen molar-refractivity contribution in [3.8, 4) is 0 Å². The van der Waals surface area contributed by atoms with Gasteiger partial charge in [0.05, 0.1) is 0 Å². The number of hydrogen-bond acceptors (Lipinski definition) is 3. The number of benzene rings is 2. The molecule has 0 aliphatic rings. The number of carbonyl (C=O) groups excluding carboxylic acids is 2. The van der Waals surface area contributed by atoms with Crippen LogP contribution in [0.15, 0.2) is 48.5 Å². The standard InChI is InChI=1S/C19H17F2NO3/c1-12-3-5-14(6-4-12)7-10-18(23)25-13(2)19(24)22-15-8-9-16(20)17(21)11-15/h3-11,13H,1-2H3,(H,22,24)/b10-7+/t13-/m0/s1. The van der Waals surface area contributed by atoms with Crippen molar-refractivity contribution in [2.24, 2.45) is 0 Å². The van der Waals surface area contributed by atoms with E-state index in [0.717, 1.165) is 23.3 Å². The molecule has 0 bridgehead atoms. The van der Waals surface area contributed by atoms with Crippen molar-refractivity contribution < 1.29 is 23.1 Å². The van der Waals surface area contributed by atoms with Crippen molar-refractivity contribution in [2.75, 3.05) is 5.32 Å². The molecule has 2 rings (SSSR count). The first kappa shape index (κ1) is 18.3. The maximum Gasteiger partial charge on any atom is 0.331 e. The number of aryl methyl sites for hydroxylation is 1. The van der Waals surface area contributed by atoms with E-state index in [9.17, 15) is 18.4 Å². The molecular weight excluding hydrogens is 328 g/mol. The first-order valence-electron chi connectivity index (χ1n) is 7.56. The summed E-state index contributed by atoms with van der Waals surface area (Å²) in [5.41, 5.74) is 1.99. The monoisotopic (exact) mass is 345 g/mol. The molecule has 2 aromatic carbocycles. The summed E-state index contributed by atoms with van der Waals surface area (Å²) < 4.78 is 30.9. The molecule has 0 spiro atoms. The number of esters is 1. The van der Waals surface area contributed by atoms with Crippen LogP contribution in [-0.4, -0.2) is 18.0 Å². The highest BCUT2D eigenvalue weighted by Crippen LogP contribution is 2.13. The van der Waals surface area contributed by atoms with Crippen LogP contribution in [0.5, 0.6) is 0 Å². The average molecular weight is 345 g/mol. The molecule has 0 saturated heterocycles. The fourth-order valence-corrected chi connectivity index (χ4v) is 1.93. The maximum atomic E-state index is 13.1. The quantitative estimate of drug-likeness (QED) is 0.661. The van der Waals surface area contributed by atoms with Gasteiger partial charge in [-0.25, -0.2) is 13.6 Å². The van der Waals surface area contributed by atoms with Crippen molar-refractivity contribution in [1.82, 2.24) is 0 Å². The summed E-state index contributed by atoms with van der Waals surface area (Å²) in [5.74, 6) is -3.43. The average Bonchev–Trinajstić information content (AvgIpc) is 2.57. The van der Waals surface area contributed by atoms with E-state index in [1.165, 1.54) is 19.1 Å². The number of carbonyl (C=O) groups is 2. The minimum atomic E-state index is -1.09. The fourth-order valence-electron chi connectivity index (χ4n) is 1.93. The number of halogens is 2. The number of amides is 1. The number of anilines is 1. The van der Waals surface area contributed by atoms with Crippen molar-refractivity contribution in [2.45, 2.75) is 20.0 Å². The van der Waals surface area contributed by atoms with Crippen LogP contribution < -0.4 is 5.32 Å². The highest BCUT2D eigenvalue weighted by molar-refractivity contribution is 5.96. The van der Waals surface area contributed by atoms with Crippen LogP contribution >= 0.6 is 0 Å². The lowest BCUT2D eigenvalue weighted by Crippen LogP contribution is -2.29. The summed E-state index contributed by atoms with van der Waals surface area (Å²) in [4.78, 5) is 23.7. The number of hydrogen-bond donors (Lipinski definition) is 1. The Balaban J connectivity index is 1.90. The molecule has 0 aliphatic heterocycles. The van der Waals surface area contributed by atoms with Crippen LogP contribution in [0, 0.1) is 18.6 Å². The van der Waals surface area contributed by atoms with Crippen molar-refractivity contribution in [3.63, 3.8) is 0 Å². The van der Waals surface area contributed by atoms with Crippen molar-refractivity contribution >= 4 is 23.6 Å². The Bertz CT molecular complexity index is 801. The molecule has 1 amide bonds. The second-order valence-electron chi connectivity index (χ2n) is 5.44. The molecule has 6 heteroatoms. The third-order valence-corrected chi connectivity index (χ3v) is 3.34. The first-order valence-corrected chi connectivity index (χ1v) is 7.56. The molecule has 0 saturated carbocycles. The van der Waals surface area contributed by atoms with Crippen LogP contribution in [0.3, 0.4) is 0 Å². The van der Waals surface area contributed by atoms with E-state index in [4.69, 9.17) is 4.74 Å². The Morgan fingerprint density at radius 3 is 2.40 bits per heavy atom.